The predicted molar refractivity (Wildman–Crippen MR) is 124 cm³/mol. The summed E-state index contributed by atoms with van der Waals surface area (Å²) in [6, 6.07) is 22.5. The van der Waals surface area contributed by atoms with Gasteiger partial charge in [0.25, 0.3) is 5.91 Å². The number of fused-ring (bicyclic) bond motifs is 1. The van der Waals surface area contributed by atoms with Gasteiger partial charge in [0, 0.05) is 17.5 Å². The number of hydrogen-bond acceptors (Lipinski definition) is 4. The highest BCUT2D eigenvalue weighted by atomic mass is 32.1. The molecule has 3 aromatic carbocycles. The maximum atomic E-state index is 12.2. The molecule has 0 aliphatic heterocycles. The van der Waals surface area contributed by atoms with Crippen LogP contribution in [0.5, 0.6) is 5.75 Å². The minimum Gasteiger partial charge on any atom is -0.484 e. The highest BCUT2D eigenvalue weighted by Gasteiger charge is 2.10. The van der Waals surface area contributed by atoms with E-state index < -0.39 is 0 Å². The van der Waals surface area contributed by atoms with Crippen LogP contribution in [0.3, 0.4) is 0 Å². The molecule has 0 radical (unpaired) electrons. The minimum atomic E-state index is -0.214. The van der Waals surface area contributed by atoms with E-state index >= 15 is 0 Å². The van der Waals surface area contributed by atoms with Crippen LogP contribution in [0.4, 0.5) is 5.13 Å². The Hall–Kier alpha value is -3.18. The van der Waals surface area contributed by atoms with E-state index in [1.807, 2.05) is 36.5 Å². The second-order valence-electron chi connectivity index (χ2n) is 7.51. The van der Waals surface area contributed by atoms with Gasteiger partial charge in [-0.25, -0.2) is 4.98 Å². The first kappa shape index (κ1) is 20.1. The fourth-order valence-corrected chi connectivity index (χ4v) is 4.19. The lowest BCUT2D eigenvalue weighted by atomic mass is 10.0. The number of carbonyl (C=O) groups excluding carboxylic acids is 1. The number of nitrogens with one attached hydrogen (secondary N) is 1. The molecule has 30 heavy (non-hydrogen) atoms. The second kappa shape index (κ2) is 9.09. The summed E-state index contributed by atoms with van der Waals surface area (Å²) in [5.41, 5.74) is 2.50. The molecule has 0 fully saturated rings. The summed E-state index contributed by atoms with van der Waals surface area (Å²) in [4.78, 5) is 17.7. The maximum absolute atomic E-state index is 12.2. The van der Waals surface area contributed by atoms with Crippen molar-refractivity contribution in [1.29, 1.82) is 0 Å². The number of amides is 1. The summed E-state index contributed by atoms with van der Waals surface area (Å²) < 4.78 is 5.59. The van der Waals surface area contributed by atoms with Gasteiger partial charge in [0.15, 0.2) is 11.7 Å². The van der Waals surface area contributed by atoms with Gasteiger partial charge >= 0.3 is 0 Å². The Morgan fingerprint density at radius 1 is 1.03 bits per heavy atom. The van der Waals surface area contributed by atoms with Crippen molar-refractivity contribution in [1.82, 2.24) is 4.98 Å². The zero-order chi connectivity index (χ0) is 20.9. The van der Waals surface area contributed by atoms with Gasteiger partial charge in [-0.3, -0.25) is 10.1 Å². The van der Waals surface area contributed by atoms with E-state index in [4.69, 9.17) is 4.74 Å². The number of hydrogen-bond donors (Lipinski definition) is 1. The summed E-state index contributed by atoms with van der Waals surface area (Å²) in [5, 5.41) is 5.89. The number of thiazole rings is 1. The minimum absolute atomic E-state index is 0.0424. The number of aromatic nitrogens is 1. The van der Waals surface area contributed by atoms with E-state index in [1.54, 1.807) is 0 Å². The van der Waals surface area contributed by atoms with Crippen molar-refractivity contribution in [2.75, 3.05) is 11.9 Å². The highest BCUT2D eigenvalue weighted by Crippen LogP contribution is 2.25. The number of anilines is 1. The molecular weight excluding hydrogens is 392 g/mol. The van der Waals surface area contributed by atoms with Gasteiger partial charge < -0.3 is 4.74 Å². The zero-order valence-electron chi connectivity index (χ0n) is 17.1. The van der Waals surface area contributed by atoms with Crippen LogP contribution in [0, 0.1) is 0 Å². The first-order valence-electron chi connectivity index (χ1n) is 10.0. The molecule has 0 unspecified atom stereocenters. The molecule has 0 atom stereocenters. The Bertz CT molecular complexity index is 1140. The quantitative estimate of drug-likeness (QED) is 0.400. The molecule has 4 aromatic rings. The SMILES string of the molecule is CC(C)c1ccc(OCC(=O)Nc2ncc(Cc3cccc4ccccc34)s2)cc1. The highest BCUT2D eigenvalue weighted by molar-refractivity contribution is 7.15. The van der Waals surface area contributed by atoms with Crippen LogP contribution >= 0.6 is 11.3 Å². The van der Waals surface area contributed by atoms with E-state index in [1.165, 1.54) is 33.2 Å². The van der Waals surface area contributed by atoms with Crippen LogP contribution in [0.2, 0.25) is 0 Å². The fourth-order valence-electron chi connectivity index (χ4n) is 3.33. The first-order valence-corrected chi connectivity index (χ1v) is 10.8. The van der Waals surface area contributed by atoms with Gasteiger partial charge in [-0.15, -0.1) is 11.3 Å². The van der Waals surface area contributed by atoms with Gasteiger partial charge in [0.05, 0.1) is 0 Å². The topological polar surface area (TPSA) is 51.2 Å². The zero-order valence-corrected chi connectivity index (χ0v) is 17.9. The Labute approximate surface area is 180 Å². The van der Waals surface area contributed by atoms with E-state index in [0.717, 1.165) is 11.3 Å². The molecule has 0 bridgehead atoms. The van der Waals surface area contributed by atoms with Crippen LogP contribution in [-0.2, 0) is 11.2 Å². The van der Waals surface area contributed by atoms with Crippen LogP contribution in [0.25, 0.3) is 10.8 Å². The van der Waals surface area contributed by atoms with Crippen LogP contribution < -0.4 is 10.1 Å². The third kappa shape index (κ3) is 4.86. The first-order chi connectivity index (χ1) is 14.6. The Morgan fingerprint density at radius 2 is 1.80 bits per heavy atom. The van der Waals surface area contributed by atoms with E-state index in [0.29, 0.717) is 16.8 Å². The van der Waals surface area contributed by atoms with Gasteiger partial charge in [0.2, 0.25) is 0 Å². The molecular formula is C25H24N2O2S. The second-order valence-corrected chi connectivity index (χ2v) is 8.62. The molecule has 0 aliphatic carbocycles. The van der Waals surface area contributed by atoms with Crippen molar-refractivity contribution in [2.24, 2.45) is 0 Å². The smallest absolute Gasteiger partial charge is 0.264 e. The Kier molecular flexibility index (Phi) is 6.10. The largest absolute Gasteiger partial charge is 0.484 e. The normalized spacial score (nSPS) is 11.0. The standard InChI is InChI=1S/C25H24N2O2S/c1-17(2)18-10-12-21(13-11-18)29-16-24(28)27-25-26-15-22(30-25)14-20-8-5-7-19-6-3-4-9-23(19)20/h3-13,15,17H,14,16H2,1-2H3,(H,26,27,28). The van der Waals surface area contributed by atoms with Crippen molar-refractivity contribution in [3.05, 3.63) is 88.9 Å². The summed E-state index contributed by atoms with van der Waals surface area (Å²) in [5.74, 6) is 0.939. The van der Waals surface area contributed by atoms with Crippen molar-refractivity contribution in [2.45, 2.75) is 26.2 Å². The van der Waals surface area contributed by atoms with E-state index in [2.05, 4.69) is 60.5 Å². The van der Waals surface area contributed by atoms with Gasteiger partial charge in [-0.05, 0) is 39.9 Å². The van der Waals surface area contributed by atoms with Crippen molar-refractivity contribution in [3.63, 3.8) is 0 Å². The summed E-state index contributed by atoms with van der Waals surface area (Å²) in [7, 11) is 0. The molecule has 5 heteroatoms. The van der Waals surface area contributed by atoms with Crippen LogP contribution in [0.15, 0.2) is 72.9 Å². The van der Waals surface area contributed by atoms with E-state index in [-0.39, 0.29) is 12.5 Å². The summed E-state index contributed by atoms with van der Waals surface area (Å²) >= 11 is 1.49. The lowest BCUT2D eigenvalue weighted by Gasteiger charge is -2.08. The Morgan fingerprint density at radius 3 is 2.60 bits per heavy atom. The molecule has 0 aliphatic rings. The van der Waals surface area contributed by atoms with Crippen molar-refractivity contribution >= 4 is 33.1 Å². The average Bonchev–Trinajstić information content (AvgIpc) is 3.19. The number of benzene rings is 3. The lowest BCUT2D eigenvalue weighted by Crippen LogP contribution is -2.19. The molecule has 4 rings (SSSR count). The number of rotatable bonds is 7. The maximum Gasteiger partial charge on any atom is 0.264 e. The van der Waals surface area contributed by atoms with Gasteiger partial charge in [-0.1, -0.05) is 68.4 Å². The Balaban J connectivity index is 1.34. The van der Waals surface area contributed by atoms with Crippen LogP contribution in [0.1, 0.15) is 35.8 Å². The third-order valence-corrected chi connectivity index (χ3v) is 5.87. The summed E-state index contributed by atoms with van der Waals surface area (Å²) in [6.45, 7) is 4.25. The third-order valence-electron chi connectivity index (χ3n) is 4.96. The molecule has 0 saturated heterocycles. The molecule has 4 nitrogen and oxygen atoms in total. The number of nitrogens with zero attached hydrogens (tertiary/aromatic N) is 1. The molecule has 1 amide bonds. The van der Waals surface area contributed by atoms with Crippen molar-refractivity contribution < 1.29 is 9.53 Å². The number of ether oxygens (including phenoxy) is 1. The predicted octanol–water partition coefficient (Wildman–Crippen LogP) is 6.03. The fraction of sp³-hybridized carbons (Fsp3) is 0.200. The average molecular weight is 417 g/mol. The van der Waals surface area contributed by atoms with Gasteiger partial charge in [-0.2, -0.15) is 0 Å². The molecule has 1 aromatic heterocycles. The van der Waals surface area contributed by atoms with Crippen molar-refractivity contribution in [3.8, 4) is 5.75 Å². The van der Waals surface area contributed by atoms with Crippen LogP contribution in [-0.4, -0.2) is 17.5 Å². The molecule has 1 heterocycles. The molecule has 152 valence electrons. The van der Waals surface area contributed by atoms with Gasteiger partial charge in [0.1, 0.15) is 5.75 Å². The van der Waals surface area contributed by atoms with E-state index in [9.17, 15) is 4.79 Å². The molecule has 0 spiro atoms. The molecule has 0 saturated carbocycles. The number of carbonyl (C=O) groups is 1. The monoisotopic (exact) mass is 416 g/mol. The molecule has 1 N–H and O–H groups in total. The lowest BCUT2D eigenvalue weighted by molar-refractivity contribution is -0.118. The summed E-state index contributed by atoms with van der Waals surface area (Å²) in [6.07, 6.45) is 2.61.